The van der Waals surface area contributed by atoms with Crippen LogP contribution in [0.4, 0.5) is 5.69 Å². The van der Waals surface area contributed by atoms with Crippen LogP contribution in [0.3, 0.4) is 0 Å². The molecule has 4 aromatic rings. The highest BCUT2D eigenvalue weighted by Crippen LogP contribution is 2.31. The van der Waals surface area contributed by atoms with Crippen LogP contribution in [0.25, 0.3) is 20.8 Å². The summed E-state index contributed by atoms with van der Waals surface area (Å²) in [6.45, 7) is 2.82. The molecule has 4 rings (SSSR count). The van der Waals surface area contributed by atoms with Crippen LogP contribution in [0.15, 0.2) is 72.8 Å². The Hall–Kier alpha value is -3.18. The highest BCUT2D eigenvalue weighted by Gasteiger charge is 2.09. The largest absolute Gasteiger partial charge is 0.494 e. The Morgan fingerprint density at radius 1 is 1.03 bits per heavy atom. The quantitative estimate of drug-likeness (QED) is 0.364. The summed E-state index contributed by atoms with van der Waals surface area (Å²) in [5.74, 6) is 0.638. The van der Waals surface area contributed by atoms with E-state index in [0.717, 1.165) is 45.1 Å². The third-order valence-electron chi connectivity index (χ3n) is 4.54. The van der Waals surface area contributed by atoms with E-state index in [1.54, 1.807) is 23.5 Å². The average Bonchev–Trinajstić information content (AvgIpc) is 3.19. The molecule has 3 aromatic carbocycles. The van der Waals surface area contributed by atoms with E-state index >= 15 is 0 Å². The van der Waals surface area contributed by atoms with Gasteiger partial charge in [0, 0.05) is 16.8 Å². The molecule has 1 aromatic heterocycles. The van der Waals surface area contributed by atoms with Crippen LogP contribution >= 0.6 is 11.3 Å². The lowest BCUT2D eigenvalue weighted by molar-refractivity contribution is 0.102. The number of para-hydroxylation sites is 1. The summed E-state index contributed by atoms with van der Waals surface area (Å²) < 4.78 is 6.80. The second kappa shape index (κ2) is 8.88. The van der Waals surface area contributed by atoms with Gasteiger partial charge in [0.05, 0.1) is 16.8 Å². The molecule has 146 valence electrons. The first-order chi connectivity index (χ1) is 14.2. The molecule has 5 heteroatoms. The summed E-state index contributed by atoms with van der Waals surface area (Å²) in [6, 6.07) is 23.1. The first-order valence-electron chi connectivity index (χ1n) is 9.73. The molecule has 0 unspecified atom stereocenters. The molecule has 0 aliphatic rings. The Kier molecular flexibility index (Phi) is 5.86. The monoisotopic (exact) mass is 402 g/mol. The number of unbranched alkanes of at least 4 members (excludes halogenated alkanes) is 1. The van der Waals surface area contributed by atoms with Gasteiger partial charge in [-0.3, -0.25) is 4.79 Å². The van der Waals surface area contributed by atoms with Crippen LogP contribution in [0.1, 0.15) is 30.1 Å². The Morgan fingerprint density at radius 2 is 1.86 bits per heavy atom. The van der Waals surface area contributed by atoms with Gasteiger partial charge in [-0.1, -0.05) is 37.6 Å². The minimum absolute atomic E-state index is 0.147. The molecule has 0 radical (unpaired) electrons. The fraction of sp³-hybridized carbons (Fsp3) is 0.167. The Bertz CT molecular complexity index is 1090. The number of fused-ring (bicyclic) bond motifs is 1. The van der Waals surface area contributed by atoms with Crippen LogP contribution < -0.4 is 10.1 Å². The topological polar surface area (TPSA) is 51.2 Å². The van der Waals surface area contributed by atoms with Gasteiger partial charge < -0.3 is 10.1 Å². The second-order valence-corrected chi connectivity index (χ2v) is 7.78. The molecule has 0 atom stereocenters. The Morgan fingerprint density at radius 3 is 2.66 bits per heavy atom. The molecule has 0 aliphatic carbocycles. The molecule has 0 saturated carbocycles. The summed E-state index contributed by atoms with van der Waals surface area (Å²) in [7, 11) is 0. The molecule has 29 heavy (non-hydrogen) atoms. The highest BCUT2D eigenvalue weighted by molar-refractivity contribution is 7.21. The van der Waals surface area contributed by atoms with E-state index in [4.69, 9.17) is 9.72 Å². The average molecular weight is 403 g/mol. The number of hydrogen-bond acceptors (Lipinski definition) is 4. The number of carbonyl (C=O) groups is 1. The van der Waals surface area contributed by atoms with Crippen molar-refractivity contribution in [2.45, 2.75) is 19.8 Å². The van der Waals surface area contributed by atoms with E-state index in [-0.39, 0.29) is 5.91 Å². The number of aromatic nitrogens is 1. The van der Waals surface area contributed by atoms with Crippen LogP contribution in [0.2, 0.25) is 0 Å². The highest BCUT2D eigenvalue weighted by atomic mass is 32.1. The van der Waals surface area contributed by atoms with Crippen molar-refractivity contribution in [3.63, 3.8) is 0 Å². The normalized spacial score (nSPS) is 10.8. The number of anilines is 1. The lowest BCUT2D eigenvalue weighted by Crippen LogP contribution is -2.11. The number of carbonyl (C=O) groups excluding carboxylic acids is 1. The summed E-state index contributed by atoms with van der Waals surface area (Å²) in [4.78, 5) is 17.3. The van der Waals surface area contributed by atoms with Gasteiger partial charge in [-0.15, -0.1) is 11.3 Å². The van der Waals surface area contributed by atoms with Crippen molar-refractivity contribution in [2.24, 2.45) is 0 Å². The molecule has 0 aliphatic heterocycles. The van der Waals surface area contributed by atoms with E-state index < -0.39 is 0 Å². The van der Waals surface area contributed by atoms with Crippen LogP contribution in [0, 0.1) is 0 Å². The maximum atomic E-state index is 12.6. The molecule has 0 saturated heterocycles. The minimum atomic E-state index is -0.147. The Balaban J connectivity index is 1.46. The Labute approximate surface area is 174 Å². The third-order valence-corrected chi connectivity index (χ3v) is 5.63. The van der Waals surface area contributed by atoms with Crippen LogP contribution in [-0.4, -0.2) is 17.5 Å². The maximum Gasteiger partial charge on any atom is 0.255 e. The first kappa shape index (κ1) is 19.2. The molecule has 1 N–H and O–H groups in total. The molecule has 4 nitrogen and oxygen atoms in total. The van der Waals surface area contributed by atoms with Gasteiger partial charge in [-0.2, -0.15) is 0 Å². The number of nitrogens with zero attached hydrogens (tertiary/aromatic N) is 1. The molecular weight excluding hydrogens is 380 g/mol. The molecule has 1 amide bonds. The van der Waals surface area contributed by atoms with Crippen molar-refractivity contribution in [3.8, 4) is 16.3 Å². The number of ether oxygens (including phenoxy) is 1. The standard InChI is InChI=1S/C24H22N2O2S/c1-2-3-15-28-20-13-11-17(12-14-20)23(27)25-19-8-6-7-18(16-19)24-26-21-9-4-5-10-22(21)29-24/h4-14,16H,2-3,15H2,1H3,(H,25,27). The van der Waals surface area contributed by atoms with Crippen molar-refractivity contribution in [1.82, 2.24) is 4.98 Å². The SMILES string of the molecule is CCCCOc1ccc(C(=O)Nc2cccc(-c3nc4ccccc4s3)c2)cc1. The van der Waals surface area contributed by atoms with Crippen molar-refractivity contribution in [2.75, 3.05) is 11.9 Å². The number of nitrogens with one attached hydrogen (secondary N) is 1. The smallest absolute Gasteiger partial charge is 0.255 e. The lowest BCUT2D eigenvalue weighted by atomic mass is 10.1. The van der Waals surface area contributed by atoms with Gasteiger partial charge in [-0.05, 0) is 55.0 Å². The molecule has 0 bridgehead atoms. The fourth-order valence-corrected chi connectivity index (χ4v) is 3.93. The van der Waals surface area contributed by atoms with Crippen molar-refractivity contribution in [3.05, 3.63) is 78.4 Å². The van der Waals surface area contributed by atoms with Gasteiger partial charge in [0.1, 0.15) is 10.8 Å². The van der Waals surface area contributed by atoms with Gasteiger partial charge in [0.2, 0.25) is 0 Å². The lowest BCUT2D eigenvalue weighted by Gasteiger charge is -2.08. The zero-order chi connectivity index (χ0) is 20.1. The van der Waals surface area contributed by atoms with E-state index in [9.17, 15) is 4.79 Å². The van der Waals surface area contributed by atoms with Crippen molar-refractivity contribution in [1.29, 1.82) is 0 Å². The number of amides is 1. The fourth-order valence-electron chi connectivity index (χ4n) is 2.97. The zero-order valence-electron chi connectivity index (χ0n) is 16.2. The number of thiazole rings is 1. The third kappa shape index (κ3) is 4.63. The van der Waals surface area contributed by atoms with Gasteiger partial charge in [0.15, 0.2) is 0 Å². The number of hydrogen-bond donors (Lipinski definition) is 1. The summed E-state index contributed by atoms with van der Waals surface area (Å²) >= 11 is 1.65. The van der Waals surface area contributed by atoms with Gasteiger partial charge in [0.25, 0.3) is 5.91 Å². The summed E-state index contributed by atoms with van der Waals surface area (Å²) in [5, 5.41) is 3.91. The number of rotatable bonds is 7. The number of benzene rings is 3. The zero-order valence-corrected chi connectivity index (χ0v) is 17.0. The van der Waals surface area contributed by atoms with E-state index in [1.807, 2.05) is 54.6 Å². The predicted octanol–water partition coefficient (Wildman–Crippen LogP) is 6.39. The predicted molar refractivity (Wildman–Crippen MR) is 120 cm³/mol. The summed E-state index contributed by atoms with van der Waals surface area (Å²) in [5.41, 5.74) is 3.32. The molecule has 0 fully saturated rings. The minimum Gasteiger partial charge on any atom is -0.494 e. The van der Waals surface area contributed by atoms with Crippen molar-refractivity contribution >= 4 is 33.1 Å². The molecule has 1 heterocycles. The first-order valence-corrected chi connectivity index (χ1v) is 10.5. The molecular formula is C24H22N2O2S. The van der Waals surface area contributed by atoms with E-state index in [0.29, 0.717) is 12.2 Å². The van der Waals surface area contributed by atoms with Gasteiger partial charge >= 0.3 is 0 Å². The molecule has 0 spiro atoms. The van der Waals surface area contributed by atoms with E-state index in [1.165, 1.54) is 0 Å². The maximum absolute atomic E-state index is 12.6. The van der Waals surface area contributed by atoms with E-state index in [2.05, 4.69) is 18.3 Å². The van der Waals surface area contributed by atoms with Crippen LogP contribution in [-0.2, 0) is 0 Å². The van der Waals surface area contributed by atoms with Gasteiger partial charge in [-0.25, -0.2) is 4.98 Å². The van der Waals surface area contributed by atoms with Crippen LogP contribution in [0.5, 0.6) is 5.75 Å². The van der Waals surface area contributed by atoms with Crippen molar-refractivity contribution < 1.29 is 9.53 Å². The summed E-state index contributed by atoms with van der Waals surface area (Å²) in [6.07, 6.45) is 2.11. The second-order valence-electron chi connectivity index (χ2n) is 6.75.